The molecular formula is C18H17F2N4O2-. The molecule has 3 rings (SSSR count). The molecule has 1 fully saturated rings. The Morgan fingerprint density at radius 3 is 2.65 bits per heavy atom. The van der Waals surface area contributed by atoms with E-state index in [0.717, 1.165) is 6.07 Å². The van der Waals surface area contributed by atoms with Crippen molar-refractivity contribution in [3.05, 3.63) is 53.1 Å². The van der Waals surface area contributed by atoms with Crippen LogP contribution >= 0.6 is 0 Å². The summed E-state index contributed by atoms with van der Waals surface area (Å²) in [6.45, 7) is 1.68. The molecule has 1 saturated heterocycles. The molecule has 0 bridgehead atoms. The monoisotopic (exact) mass is 359 g/mol. The standard InChI is InChI=1S/C18H17F2N4O2/c1-18(9-24(2)17(25)16(21)23-18)13-5-12(14(19)6-15(13)20)10-4-11(26-3)8-22-7-10/h4-8H,9H2,1-3H3,(H-,21,23)/q-1. The number of hydrogen-bond acceptors (Lipinski definition) is 4. The Labute approximate surface area is 149 Å². The van der Waals surface area contributed by atoms with Gasteiger partial charge >= 0.3 is 0 Å². The summed E-state index contributed by atoms with van der Waals surface area (Å²) in [7, 11) is 2.98. The number of rotatable bonds is 3. The first kappa shape index (κ1) is 17.8. The molecule has 1 N–H and O–H groups in total. The van der Waals surface area contributed by atoms with E-state index in [4.69, 9.17) is 10.1 Å². The first-order valence-electron chi connectivity index (χ1n) is 7.81. The van der Waals surface area contributed by atoms with Gasteiger partial charge in [0.25, 0.3) is 0 Å². The van der Waals surface area contributed by atoms with E-state index in [1.165, 1.54) is 37.5 Å². The van der Waals surface area contributed by atoms with Crippen LogP contribution in [0.4, 0.5) is 8.78 Å². The maximum absolute atomic E-state index is 14.6. The van der Waals surface area contributed by atoms with Crippen LogP contribution in [0.3, 0.4) is 0 Å². The summed E-state index contributed by atoms with van der Waals surface area (Å²) in [6.07, 6.45) is 2.92. The van der Waals surface area contributed by atoms with E-state index in [2.05, 4.69) is 10.3 Å². The highest BCUT2D eigenvalue weighted by Gasteiger charge is 2.34. The van der Waals surface area contributed by atoms with E-state index in [1.54, 1.807) is 13.0 Å². The number of amides is 1. The van der Waals surface area contributed by atoms with Gasteiger partial charge in [-0.15, -0.1) is 0 Å². The Bertz CT molecular complexity index is 903. The smallest absolute Gasteiger partial charge is 0.244 e. The summed E-state index contributed by atoms with van der Waals surface area (Å²) in [5, 5.41) is 11.8. The zero-order valence-corrected chi connectivity index (χ0v) is 14.5. The van der Waals surface area contributed by atoms with Gasteiger partial charge in [0.05, 0.1) is 13.3 Å². The highest BCUT2D eigenvalue weighted by Crippen LogP contribution is 2.39. The molecule has 2 aromatic rings. The van der Waals surface area contributed by atoms with Crippen molar-refractivity contribution in [1.82, 2.24) is 9.88 Å². The first-order chi connectivity index (χ1) is 12.2. The second-order valence-electron chi connectivity index (χ2n) is 6.32. The van der Waals surface area contributed by atoms with Crippen molar-refractivity contribution in [2.75, 3.05) is 20.7 Å². The summed E-state index contributed by atoms with van der Waals surface area (Å²) >= 11 is 0. The molecule has 0 radical (unpaired) electrons. The fraction of sp³-hybridized carbons (Fsp3) is 0.278. The van der Waals surface area contributed by atoms with Gasteiger partial charge in [-0.2, -0.15) is 0 Å². The summed E-state index contributed by atoms with van der Waals surface area (Å²) in [5.74, 6) is -2.10. The number of aromatic nitrogens is 1. The first-order valence-corrected chi connectivity index (χ1v) is 7.81. The van der Waals surface area contributed by atoms with Gasteiger partial charge in [0.1, 0.15) is 17.4 Å². The molecule has 0 saturated carbocycles. The molecule has 1 unspecified atom stereocenters. The summed E-state index contributed by atoms with van der Waals surface area (Å²) < 4.78 is 34.1. The van der Waals surface area contributed by atoms with E-state index in [-0.39, 0.29) is 17.7 Å². The number of benzene rings is 1. The number of likely N-dealkylation sites (N-methyl/N-ethyl adjacent to an activating group) is 1. The van der Waals surface area contributed by atoms with Gasteiger partial charge in [-0.3, -0.25) is 9.78 Å². The maximum atomic E-state index is 14.6. The fourth-order valence-corrected chi connectivity index (χ4v) is 3.05. The van der Waals surface area contributed by atoms with Crippen LogP contribution in [0.15, 0.2) is 30.6 Å². The lowest BCUT2D eigenvalue weighted by Gasteiger charge is -2.46. The van der Waals surface area contributed by atoms with E-state index in [1.807, 2.05) is 0 Å². The minimum absolute atomic E-state index is 0.0760. The Morgan fingerprint density at radius 2 is 2.00 bits per heavy atom. The molecule has 0 spiro atoms. The van der Waals surface area contributed by atoms with Gasteiger partial charge in [0.15, 0.2) is 0 Å². The predicted octanol–water partition coefficient (Wildman–Crippen LogP) is 3.07. The zero-order chi connectivity index (χ0) is 19.1. The molecule has 1 amide bonds. The molecule has 2 heterocycles. The molecular weight excluding hydrogens is 342 g/mol. The second-order valence-corrected chi connectivity index (χ2v) is 6.32. The maximum Gasteiger partial charge on any atom is 0.244 e. The van der Waals surface area contributed by atoms with Crippen molar-refractivity contribution in [2.45, 2.75) is 12.5 Å². The van der Waals surface area contributed by atoms with Crippen LogP contribution in [0.1, 0.15) is 12.5 Å². The number of carbonyl (C=O) groups excluding carboxylic acids is 1. The highest BCUT2D eigenvalue weighted by molar-refractivity contribution is 6.42. The Morgan fingerprint density at radius 1 is 1.27 bits per heavy atom. The predicted molar refractivity (Wildman–Crippen MR) is 92.2 cm³/mol. The van der Waals surface area contributed by atoms with Crippen molar-refractivity contribution in [2.24, 2.45) is 0 Å². The molecule has 1 aliphatic heterocycles. The molecule has 1 atom stereocenters. The Hall–Kier alpha value is -3.03. The van der Waals surface area contributed by atoms with E-state index >= 15 is 0 Å². The number of nitrogens with one attached hydrogen (secondary N) is 1. The summed E-state index contributed by atoms with van der Waals surface area (Å²) in [5.41, 5.74) is -0.545. The van der Waals surface area contributed by atoms with Crippen molar-refractivity contribution in [1.29, 1.82) is 5.41 Å². The largest absolute Gasteiger partial charge is 0.495 e. The van der Waals surface area contributed by atoms with Crippen molar-refractivity contribution >= 4 is 11.7 Å². The molecule has 8 heteroatoms. The van der Waals surface area contributed by atoms with Crippen LogP contribution < -0.4 is 4.74 Å². The third-order valence-electron chi connectivity index (χ3n) is 4.35. The molecule has 0 aliphatic carbocycles. The van der Waals surface area contributed by atoms with Gasteiger partial charge in [0.2, 0.25) is 5.91 Å². The second kappa shape index (κ2) is 6.36. The minimum Gasteiger partial charge on any atom is -0.495 e. The molecule has 1 aliphatic rings. The van der Waals surface area contributed by atoms with Crippen LogP contribution in [0.5, 0.6) is 5.75 Å². The van der Waals surface area contributed by atoms with Crippen molar-refractivity contribution in [3.8, 4) is 16.9 Å². The van der Waals surface area contributed by atoms with Gasteiger partial charge in [-0.25, -0.2) is 8.78 Å². The molecule has 26 heavy (non-hydrogen) atoms. The van der Waals surface area contributed by atoms with Gasteiger partial charge in [-0.1, -0.05) is 6.92 Å². The Kier molecular flexibility index (Phi) is 4.35. The number of halogens is 2. The molecule has 1 aromatic carbocycles. The Balaban J connectivity index is 2.11. The number of piperazine rings is 1. The number of methoxy groups -OCH3 is 1. The third kappa shape index (κ3) is 2.98. The normalized spacial score (nSPS) is 20.1. The zero-order valence-electron chi connectivity index (χ0n) is 14.5. The van der Waals surface area contributed by atoms with E-state index in [0.29, 0.717) is 11.3 Å². The quantitative estimate of drug-likeness (QED) is 0.914. The lowest BCUT2D eigenvalue weighted by atomic mass is 9.87. The van der Waals surface area contributed by atoms with E-state index in [9.17, 15) is 13.6 Å². The van der Waals surface area contributed by atoms with Crippen molar-refractivity contribution in [3.63, 3.8) is 0 Å². The van der Waals surface area contributed by atoms with Gasteiger partial charge < -0.3 is 20.4 Å². The third-order valence-corrected chi connectivity index (χ3v) is 4.35. The highest BCUT2D eigenvalue weighted by atomic mass is 19.1. The summed E-state index contributed by atoms with van der Waals surface area (Å²) in [6, 6.07) is 3.72. The number of amidine groups is 1. The van der Waals surface area contributed by atoms with Crippen molar-refractivity contribution < 1.29 is 18.3 Å². The molecule has 1 aromatic heterocycles. The van der Waals surface area contributed by atoms with Crippen LogP contribution in [0.25, 0.3) is 16.4 Å². The molecule has 6 nitrogen and oxygen atoms in total. The number of carbonyl (C=O) groups is 1. The minimum atomic E-state index is -1.20. The average Bonchev–Trinajstić information content (AvgIpc) is 2.59. The SMILES string of the molecule is COc1cncc(-c2cc(C3(C)CN(C)C(=O)C(=N)[N-]3)c(F)cc2F)c1. The lowest BCUT2D eigenvalue weighted by Crippen LogP contribution is -2.49. The summed E-state index contributed by atoms with van der Waals surface area (Å²) in [4.78, 5) is 17.1. The lowest BCUT2D eigenvalue weighted by molar-refractivity contribution is -0.124. The van der Waals surface area contributed by atoms with Crippen LogP contribution in [0, 0.1) is 17.0 Å². The average molecular weight is 359 g/mol. The van der Waals surface area contributed by atoms with Crippen LogP contribution in [-0.4, -0.2) is 42.3 Å². The van der Waals surface area contributed by atoms with Gasteiger partial charge in [-0.05, 0) is 23.5 Å². The van der Waals surface area contributed by atoms with Gasteiger partial charge in [0, 0.05) is 42.5 Å². The number of pyridine rings is 1. The number of ether oxygens (including phenoxy) is 1. The topological polar surface area (TPSA) is 80.4 Å². The number of nitrogens with zero attached hydrogens (tertiary/aromatic N) is 3. The molecule has 136 valence electrons. The number of hydrogen-bond donors (Lipinski definition) is 1. The van der Waals surface area contributed by atoms with E-state index < -0.39 is 28.9 Å². The van der Waals surface area contributed by atoms with Crippen LogP contribution in [0.2, 0.25) is 0 Å². The van der Waals surface area contributed by atoms with Crippen LogP contribution in [-0.2, 0) is 10.3 Å². The fourth-order valence-electron chi connectivity index (χ4n) is 3.05.